The van der Waals surface area contributed by atoms with Crippen molar-refractivity contribution < 1.29 is 19.4 Å². The molecule has 120 valence electrons. The number of unbranched alkanes of at least 4 members (excludes halogenated alkanes) is 2. The zero-order valence-corrected chi connectivity index (χ0v) is 12.9. The maximum Gasteiger partial charge on any atom is 0.326 e. The van der Waals surface area contributed by atoms with E-state index in [9.17, 15) is 9.59 Å². The highest BCUT2D eigenvalue weighted by Gasteiger charge is 2.18. The third kappa shape index (κ3) is 6.92. The van der Waals surface area contributed by atoms with Crippen molar-refractivity contribution in [2.75, 3.05) is 6.61 Å². The van der Waals surface area contributed by atoms with Crippen LogP contribution in [0.15, 0.2) is 36.9 Å². The molecule has 0 heterocycles. The fraction of sp³-hybridized carbons (Fsp3) is 0.412. The van der Waals surface area contributed by atoms with Gasteiger partial charge in [0.15, 0.2) is 0 Å². The first-order chi connectivity index (χ1) is 10.5. The van der Waals surface area contributed by atoms with Crippen LogP contribution in [0, 0.1) is 0 Å². The first kappa shape index (κ1) is 17.8. The number of benzene rings is 1. The highest BCUT2D eigenvalue weighted by atomic mass is 16.5. The number of aliphatic carboxylic acids is 1. The van der Waals surface area contributed by atoms with Gasteiger partial charge in [-0.25, -0.2) is 4.79 Å². The van der Waals surface area contributed by atoms with Gasteiger partial charge in [-0.3, -0.25) is 4.79 Å². The third-order valence-corrected chi connectivity index (χ3v) is 3.11. The molecule has 0 saturated carbocycles. The van der Waals surface area contributed by atoms with Crippen LogP contribution in [0.25, 0.3) is 0 Å². The summed E-state index contributed by atoms with van der Waals surface area (Å²) in [5.74, 6) is -0.640. The zero-order valence-electron chi connectivity index (χ0n) is 12.9. The fourth-order valence-corrected chi connectivity index (χ4v) is 1.98. The van der Waals surface area contributed by atoms with E-state index in [-0.39, 0.29) is 12.3 Å². The predicted octanol–water partition coefficient (Wildman–Crippen LogP) is 2.55. The van der Waals surface area contributed by atoms with Crippen LogP contribution in [0.1, 0.15) is 31.7 Å². The van der Waals surface area contributed by atoms with Crippen LogP contribution in [0.2, 0.25) is 0 Å². The van der Waals surface area contributed by atoms with Crippen LogP contribution in [-0.2, 0) is 16.0 Å². The standard InChI is InChI=1S/C17H23NO4/c1-3-4-5-6-11-22-15-9-7-14(8-10-15)12-16(17(20)21)18-13(2)19/h3,7-10,16H,1,4-6,11-12H2,2H3,(H,18,19)(H,20,21)/t16-/m0/s1. The Kier molecular flexibility index (Phi) is 7.75. The second kappa shape index (κ2) is 9.60. The third-order valence-electron chi connectivity index (χ3n) is 3.11. The van der Waals surface area contributed by atoms with E-state index in [1.807, 2.05) is 30.3 Å². The number of rotatable bonds is 10. The molecular weight excluding hydrogens is 282 g/mol. The molecule has 22 heavy (non-hydrogen) atoms. The molecule has 0 radical (unpaired) electrons. The second-order valence-electron chi connectivity index (χ2n) is 5.07. The SMILES string of the molecule is C=CCCCCOc1ccc(C[C@H](NC(C)=O)C(=O)O)cc1. The van der Waals surface area contributed by atoms with Gasteiger partial charge in [0.25, 0.3) is 0 Å². The van der Waals surface area contributed by atoms with E-state index in [1.54, 1.807) is 0 Å². The molecule has 1 aromatic rings. The van der Waals surface area contributed by atoms with Gasteiger partial charge in [-0.2, -0.15) is 0 Å². The first-order valence-corrected chi connectivity index (χ1v) is 7.35. The van der Waals surface area contributed by atoms with Gasteiger partial charge >= 0.3 is 5.97 Å². The molecule has 0 fully saturated rings. The normalized spacial score (nSPS) is 11.5. The van der Waals surface area contributed by atoms with Crippen molar-refractivity contribution in [3.63, 3.8) is 0 Å². The van der Waals surface area contributed by atoms with Crippen molar-refractivity contribution in [3.05, 3.63) is 42.5 Å². The van der Waals surface area contributed by atoms with Gasteiger partial charge in [-0.1, -0.05) is 18.2 Å². The predicted molar refractivity (Wildman–Crippen MR) is 84.9 cm³/mol. The van der Waals surface area contributed by atoms with Crippen LogP contribution in [0.3, 0.4) is 0 Å². The minimum absolute atomic E-state index is 0.245. The summed E-state index contributed by atoms with van der Waals surface area (Å²) in [6.07, 6.45) is 5.15. The maximum atomic E-state index is 11.1. The Bertz CT molecular complexity index is 496. The minimum Gasteiger partial charge on any atom is -0.494 e. The summed E-state index contributed by atoms with van der Waals surface area (Å²) in [4.78, 5) is 22.1. The number of carbonyl (C=O) groups excluding carboxylic acids is 1. The number of ether oxygens (including phenoxy) is 1. The Morgan fingerprint density at radius 1 is 1.32 bits per heavy atom. The summed E-state index contributed by atoms with van der Waals surface area (Å²) < 4.78 is 5.60. The number of hydrogen-bond acceptors (Lipinski definition) is 3. The molecule has 1 aromatic carbocycles. The Labute approximate surface area is 131 Å². The molecule has 0 saturated heterocycles. The smallest absolute Gasteiger partial charge is 0.326 e. The van der Waals surface area contributed by atoms with E-state index in [0.717, 1.165) is 30.6 Å². The number of allylic oxidation sites excluding steroid dienone is 1. The van der Waals surface area contributed by atoms with Gasteiger partial charge in [0.1, 0.15) is 11.8 Å². The van der Waals surface area contributed by atoms with Crippen LogP contribution >= 0.6 is 0 Å². The summed E-state index contributed by atoms with van der Waals surface area (Å²) in [5.41, 5.74) is 0.833. The largest absolute Gasteiger partial charge is 0.494 e. The van der Waals surface area contributed by atoms with E-state index in [2.05, 4.69) is 11.9 Å². The molecule has 0 aliphatic carbocycles. The van der Waals surface area contributed by atoms with Crippen LogP contribution in [0.4, 0.5) is 0 Å². The topological polar surface area (TPSA) is 75.6 Å². The lowest BCUT2D eigenvalue weighted by Gasteiger charge is -2.13. The molecule has 1 atom stereocenters. The number of carboxylic acids is 1. The van der Waals surface area contributed by atoms with Gasteiger partial charge < -0.3 is 15.2 Å². The highest BCUT2D eigenvalue weighted by Crippen LogP contribution is 2.14. The maximum absolute atomic E-state index is 11.1. The van der Waals surface area contributed by atoms with Crippen molar-refractivity contribution in [3.8, 4) is 5.75 Å². The number of nitrogens with one attached hydrogen (secondary N) is 1. The number of carboxylic acid groups (broad SMARTS) is 1. The van der Waals surface area contributed by atoms with Crippen molar-refractivity contribution in [2.45, 2.75) is 38.6 Å². The van der Waals surface area contributed by atoms with Gasteiger partial charge in [0.05, 0.1) is 6.61 Å². The summed E-state index contributed by atoms with van der Waals surface area (Å²) in [7, 11) is 0. The highest BCUT2D eigenvalue weighted by molar-refractivity contribution is 5.82. The van der Waals surface area contributed by atoms with E-state index >= 15 is 0 Å². The first-order valence-electron chi connectivity index (χ1n) is 7.35. The Hall–Kier alpha value is -2.30. The average Bonchev–Trinajstić information content (AvgIpc) is 2.47. The van der Waals surface area contributed by atoms with Gasteiger partial charge in [-0.05, 0) is 37.0 Å². The van der Waals surface area contributed by atoms with Crippen LogP contribution in [-0.4, -0.2) is 29.6 Å². The molecular formula is C17H23NO4. The lowest BCUT2D eigenvalue weighted by molar-refractivity contribution is -0.141. The van der Waals surface area contributed by atoms with Crippen molar-refractivity contribution in [2.24, 2.45) is 0 Å². The molecule has 0 aliphatic rings. The fourth-order valence-electron chi connectivity index (χ4n) is 1.98. The summed E-state index contributed by atoms with van der Waals surface area (Å²) in [6, 6.07) is 6.35. The van der Waals surface area contributed by atoms with Crippen molar-refractivity contribution in [1.82, 2.24) is 5.32 Å². The molecule has 0 unspecified atom stereocenters. The minimum atomic E-state index is -1.04. The van der Waals surface area contributed by atoms with Crippen molar-refractivity contribution in [1.29, 1.82) is 0 Å². The van der Waals surface area contributed by atoms with Gasteiger partial charge in [0, 0.05) is 13.3 Å². The lowest BCUT2D eigenvalue weighted by Crippen LogP contribution is -2.41. The number of hydrogen-bond donors (Lipinski definition) is 2. The molecule has 2 N–H and O–H groups in total. The molecule has 0 bridgehead atoms. The molecule has 0 aliphatic heterocycles. The summed E-state index contributed by atoms with van der Waals surface area (Å²) in [6.45, 7) is 5.63. The lowest BCUT2D eigenvalue weighted by atomic mass is 10.1. The molecule has 5 heteroatoms. The quantitative estimate of drug-likeness (QED) is 0.514. The monoisotopic (exact) mass is 305 g/mol. The molecule has 0 spiro atoms. The second-order valence-corrected chi connectivity index (χ2v) is 5.07. The molecule has 5 nitrogen and oxygen atoms in total. The van der Waals surface area contributed by atoms with Crippen molar-refractivity contribution >= 4 is 11.9 Å². The van der Waals surface area contributed by atoms with Gasteiger partial charge in [-0.15, -0.1) is 6.58 Å². The van der Waals surface area contributed by atoms with E-state index < -0.39 is 12.0 Å². The van der Waals surface area contributed by atoms with E-state index in [0.29, 0.717) is 6.61 Å². The van der Waals surface area contributed by atoms with E-state index in [1.165, 1.54) is 6.92 Å². The molecule has 0 aromatic heterocycles. The molecule has 1 amide bonds. The van der Waals surface area contributed by atoms with Crippen LogP contribution < -0.4 is 10.1 Å². The average molecular weight is 305 g/mol. The summed E-state index contributed by atoms with van der Waals surface area (Å²) in [5, 5.41) is 11.5. The number of amides is 1. The number of carbonyl (C=O) groups is 2. The Balaban J connectivity index is 2.47. The Morgan fingerprint density at radius 3 is 2.55 bits per heavy atom. The summed E-state index contributed by atoms with van der Waals surface area (Å²) >= 11 is 0. The Morgan fingerprint density at radius 2 is 2.00 bits per heavy atom. The van der Waals surface area contributed by atoms with Crippen LogP contribution in [0.5, 0.6) is 5.75 Å². The molecule has 1 rings (SSSR count). The van der Waals surface area contributed by atoms with Gasteiger partial charge in [0.2, 0.25) is 5.91 Å². The zero-order chi connectivity index (χ0) is 16.4. The van der Waals surface area contributed by atoms with E-state index in [4.69, 9.17) is 9.84 Å².